The van der Waals surface area contributed by atoms with E-state index in [1.807, 2.05) is 0 Å². The van der Waals surface area contributed by atoms with Gasteiger partial charge in [0, 0.05) is 7.11 Å². The van der Waals surface area contributed by atoms with E-state index in [0.717, 1.165) is 7.11 Å². The molecule has 0 aromatic carbocycles. The summed E-state index contributed by atoms with van der Waals surface area (Å²) in [6.07, 6.45) is 0. The molecule has 0 unspecified atom stereocenters. The van der Waals surface area contributed by atoms with Crippen LogP contribution in [0.5, 0.6) is 0 Å². The second kappa shape index (κ2) is 81.1. The van der Waals surface area contributed by atoms with Crippen LogP contribution in [0.1, 0.15) is 0 Å². The van der Waals surface area contributed by atoms with Crippen molar-refractivity contribution in [3.05, 3.63) is 0 Å². The average molecular weight is 204 g/mol. The van der Waals surface area contributed by atoms with Crippen molar-refractivity contribution in [2.45, 2.75) is 0 Å². The minimum absolute atomic E-state index is 0. The molecule has 5 heteroatoms. The van der Waals surface area contributed by atoms with Gasteiger partial charge in [-0.25, -0.2) is 0 Å². The third-order valence-electron chi connectivity index (χ3n) is 0. The monoisotopic (exact) mass is 202 g/mol. The van der Waals surface area contributed by atoms with Gasteiger partial charge in [0.25, 0.3) is 0 Å². The van der Waals surface area contributed by atoms with Crippen LogP contribution in [0.15, 0.2) is 0 Å². The van der Waals surface area contributed by atoms with E-state index in [9.17, 15) is 0 Å². The van der Waals surface area contributed by atoms with Crippen LogP contribution in [0.4, 0.5) is 0 Å². The van der Waals surface area contributed by atoms with Crippen LogP contribution in [-0.2, 0) is 42.0 Å². The Labute approximate surface area is 71.4 Å². The van der Waals surface area contributed by atoms with Crippen molar-refractivity contribution in [3.8, 4) is 0 Å². The summed E-state index contributed by atoms with van der Waals surface area (Å²) in [6, 6.07) is 0. The molecule has 0 atom stereocenters. The molecule has 31 valence electrons. The predicted molar refractivity (Wildman–Crippen MR) is 14.6 cm³/mol. The molecule has 0 aromatic rings. The van der Waals surface area contributed by atoms with Gasteiger partial charge in [-0.15, -0.1) is 0 Å². The molecular formula is CH4AlCuO2Zn+5. The number of hydrogen-bond acceptors (Lipinski definition) is 1. The van der Waals surface area contributed by atoms with Gasteiger partial charge in [0.05, 0.1) is 0 Å². The van der Waals surface area contributed by atoms with Gasteiger partial charge in [0.15, 0.2) is 0 Å². The van der Waals surface area contributed by atoms with Crippen LogP contribution in [-0.4, -0.2) is 29.6 Å². The maximum absolute atomic E-state index is 7.00. The molecule has 0 saturated heterocycles. The summed E-state index contributed by atoms with van der Waals surface area (Å²) in [5.74, 6) is 0. The molecule has 1 N–H and O–H groups in total. The molecule has 2 nitrogen and oxygen atoms in total. The molecule has 0 rings (SSSR count). The van der Waals surface area contributed by atoms with Crippen LogP contribution in [0.2, 0.25) is 0 Å². The zero-order chi connectivity index (χ0) is 2.00. The molecule has 0 aliphatic carbocycles. The van der Waals surface area contributed by atoms with E-state index in [2.05, 4.69) is 0 Å². The Hall–Kier alpha value is 1.60. The Bertz CT molecular complexity index is 13.5. The van der Waals surface area contributed by atoms with Crippen molar-refractivity contribution in [2.24, 2.45) is 0 Å². The average Bonchev–Trinajstić information content (AvgIpc) is 1.00. The SMILES string of the molecule is CO.[Al+3].[Cu+2].[O-2].[Zn+2]. The molecule has 0 bridgehead atoms. The Morgan fingerprint density at radius 3 is 1.17 bits per heavy atom. The molecule has 1 radical (unpaired) electrons. The van der Waals surface area contributed by atoms with Gasteiger partial charge >= 0.3 is 53.9 Å². The van der Waals surface area contributed by atoms with E-state index in [1.165, 1.54) is 0 Å². The van der Waals surface area contributed by atoms with Crippen LogP contribution in [0.3, 0.4) is 0 Å². The fraction of sp³-hybridized carbons (Fsp3) is 1.00. The Morgan fingerprint density at radius 2 is 1.17 bits per heavy atom. The molecule has 0 heterocycles. The summed E-state index contributed by atoms with van der Waals surface area (Å²) >= 11 is 0. The summed E-state index contributed by atoms with van der Waals surface area (Å²) in [5.41, 5.74) is 0. The minimum Gasteiger partial charge on any atom is -2.00 e. The third-order valence-corrected chi connectivity index (χ3v) is 0. The predicted octanol–water partition coefficient (Wildman–Crippen LogP) is -0.896. The van der Waals surface area contributed by atoms with Gasteiger partial charge in [-0.05, 0) is 0 Å². The smallest absolute Gasteiger partial charge is 2.00 e. The number of rotatable bonds is 0. The maximum Gasteiger partial charge on any atom is 3.00 e. The second-order valence-corrected chi connectivity index (χ2v) is 0. The molecule has 0 aliphatic rings. The number of aliphatic hydroxyl groups is 1. The topological polar surface area (TPSA) is 48.7 Å². The molecule has 6 heavy (non-hydrogen) atoms. The first-order valence-corrected chi connectivity index (χ1v) is 0.447. The van der Waals surface area contributed by atoms with E-state index in [0.29, 0.717) is 0 Å². The van der Waals surface area contributed by atoms with Crippen molar-refractivity contribution in [3.63, 3.8) is 0 Å². The quantitative estimate of drug-likeness (QED) is 0.511. The number of hydrogen-bond donors (Lipinski definition) is 1. The first-order valence-electron chi connectivity index (χ1n) is 0.447. The fourth-order valence-corrected chi connectivity index (χ4v) is 0. The molecule has 0 fully saturated rings. The molecule has 0 amide bonds. The standard InChI is InChI=1S/CH4O.Al.Cu.O.Zn/c1-2;;;;/h2H,1H3;;;;/q;+3;+2;-2;+2. The van der Waals surface area contributed by atoms with Crippen LogP contribution in [0.25, 0.3) is 0 Å². The summed E-state index contributed by atoms with van der Waals surface area (Å²) in [6.45, 7) is 0. The Balaban J connectivity index is -0.000000000833. The van der Waals surface area contributed by atoms with Gasteiger partial charge in [-0.3, -0.25) is 0 Å². The van der Waals surface area contributed by atoms with Crippen LogP contribution >= 0.6 is 0 Å². The van der Waals surface area contributed by atoms with E-state index < -0.39 is 0 Å². The van der Waals surface area contributed by atoms with Gasteiger partial charge < -0.3 is 10.6 Å². The summed E-state index contributed by atoms with van der Waals surface area (Å²) in [7, 11) is 1.00. The second-order valence-electron chi connectivity index (χ2n) is 0. The van der Waals surface area contributed by atoms with Gasteiger partial charge in [0.1, 0.15) is 0 Å². The normalized spacial score (nSPS) is 1.00. The fourth-order valence-electron chi connectivity index (χ4n) is 0. The van der Waals surface area contributed by atoms with Crippen molar-refractivity contribution in [2.75, 3.05) is 7.11 Å². The van der Waals surface area contributed by atoms with E-state index >= 15 is 0 Å². The summed E-state index contributed by atoms with van der Waals surface area (Å²) in [4.78, 5) is 0. The van der Waals surface area contributed by atoms with Crippen molar-refractivity contribution < 1.29 is 47.1 Å². The van der Waals surface area contributed by atoms with E-state index in [4.69, 9.17) is 5.11 Å². The Morgan fingerprint density at radius 1 is 1.17 bits per heavy atom. The first kappa shape index (κ1) is 49.0. The van der Waals surface area contributed by atoms with Crippen LogP contribution < -0.4 is 0 Å². The molecule has 0 aromatic heterocycles. The summed E-state index contributed by atoms with van der Waals surface area (Å²) in [5, 5.41) is 7.00. The largest absolute Gasteiger partial charge is 3.00 e. The van der Waals surface area contributed by atoms with Crippen molar-refractivity contribution in [1.29, 1.82) is 0 Å². The number of aliphatic hydroxyl groups excluding tert-OH is 1. The molecule has 0 aliphatic heterocycles. The zero-order valence-corrected chi connectivity index (χ0v) is 8.50. The third kappa shape index (κ3) is 46.4. The van der Waals surface area contributed by atoms with E-state index in [1.54, 1.807) is 0 Å². The van der Waals surface area contributed by atoms with Crippen molar-refractivity contribution >= 4 is 17.4 Å². The van der Waals surface area contributed by atoms with Gasteiger partial charge in [0.2, 0.25) is 0 Å². The molecule has 0 saturated carbocycles. The maximum atomic E-state index is 7.00. The van der Waals surface area contributed by atoms with Gasteiger partial charge in [-0.1, -0.05) is 0 Å². The first-order chi connectivity index (χ1) is 1.00. The van der Waals surface area contributed by atoms with Crippen molar-refractivity contribution in [1.82, 2.24) is 0 Å². The Kier molecular flexibility index (Phi) is 663. The zero-order valence-electron chi connectivity index (χ0n) is 3.44. The molecule has 0 spiro atoms. The van der Waals surface area contributed by atoms with E-state index in [-0.39, 0.29) is 59.4 Å². The minimum atomic E-state index is 0. The van der Waals surface area contributed by atoms with Gasteiger partial charge in [-0.2, -0.15) is 0 Å². The molecular weight excluding hydrogens is 200 g/mol. The van der Waals surface area contributed by atoms with Crippen LogP contribution in [0, 0.1) is 0 Å². The summed E-state index contributed by atoms with van der Waals surface area (Å²) < 4.78 is 0.